The van der Waals surface area contributed by atoms with Gasteiger partial charge in [0.05, 0.1) is 23.6 Å². The largest absolute Gasteiger partial charge is 0.494 e. The predicted molar refractivity (Wildman–Crippen MR) is 128 cm³/mol. The molecule has 0 fully saturated rings. The van der Waals surface area contributed by atoms with Gasteiger partial charge in [-0.05, 0) is 49.6 Å². The third-order valence-corrected chi connectivity index (χ3v) is 5.96. The van der Waals surface area contributed by atoms with Gasteiger partial charge in [0.15, 0.2) is 5.43 Å². The van der Waals surface area contributed by atoms with E-state index in [2.05, 4.69) is 6.92 Å². The van der Waals surface area contributed by atoms with Crippen molar-refractivity contribution in [1.29, 1.82) is 0 Å². The van der Waals surface area contributed by atoms with Crippen LogP contribution in [0.3, 0.4) is 0 Å². The van der Waals surface area contributed by atoms with E-state index in [1.165, 1.54) is 0 Å². The maximum absolute atomic E-state index is 13.5. The second-order valence-electron chi connectivity index (χ2n) is 8.25. The summed E-state index contributed by atoms with van der Waals surface area (Å²) in [6, 6.07) is 14.3. The number of unbranched alkanes of at least 4 members (excludes halogenated alkanes) is 2. The molecule has 2 heterocycles. The normalized spacial score (nSPS) is 15.3. The Bertz CT molecular complexity index is 1170. The number of amides is 1. The Hall–Kier alpha value is -3.12. The zero-order valence-electron chi connectivity index (χ0n) is 19.3. The first-order chi connectivity index (χ1) is 16.2. The molecule has 3 aromatic rings. The van der Waals surface area contributed by atoms with Gasteiger partial charge in [-0.25, -0.2) is 0 Å². The number of hydrogen-bond donors (Lipinski definition) is 0. The maximum Gasteiger partial charge on any atom is 0.290 e. The van der Waals surface area contributed by atoms with Gasteiger partial charge in [0, 0.05) is 19.8 Å². The van der Waals surface area contributed by atoms with Crippen LogP contribution in [-0.2, 0) is 4.74 Å². The summed E-state index contributed by atoms with van der Waals surface area (Å²) in [5.74, 6) is 0.613. The fourth-order valence-electron chi connectivity index (χ4n) is 4.34. The van der Waals surface area contributed by atoms with Crippen molar-refractivity contribution < 1.29 is 18.7 Å². The molecule has 174 valence electrons. The molecule has 1 atom stereocenters. The number of para-hydroxylation sites is 1. The Morgan fingerprint density at radius 3 is 2.64 bits per heavy atom. The Kier molecular flexibility index (Phi) is 7.45. The molecule has 0 aliphatic carbocycles. The Morgan fingerprint density at radius 2 is 1.82 bits per heavy atom. The lowest BCUT2D eigenvalue weighted by molar-refractivity contribution is 0.0695. The highest BCUT2D eigenvalue weighted by Gasteiger charge is 2.42. The number of benzene rings is 2. The molecule has 6 nitrogen and oxygen atoms in total. The zero-order chi connectivity index (χ0) is 23.2. The number of nitrogens with zero attached hydrogens (tertiary/aromatic N) is 1. The SMILES string of the molecule is CCCCCOc1cccc(C2c3c(oc4ccccc4c3=O)C(=O)N2CCCOCC)c1. The second kappa shape index (κ2) is 10.7. The summed E-state index contributed by atoms with van der Waals surface area (Å²) >= 11 is 0. The fraction of sp³-hybridized carbons (Fsp3) is 0.407. The third kappa shape index (κ3) is 4.81. The maximum atomic E-state index is 13.5. The Morgan fingerprint density at radius 1 is 0.970 bits per heavy atom. The van der Waals surface area contributed by atoms with Crippen LogP contribution in [0, 0.1) is 0 Å². The smallest absolute Gasteiger partial charge is 0.290 e. The third-order valence-electron chi connectivity index (χ3n) is 5.96. The number of hydrogen-bond acceptors (Lipinski definition) is 5. The second-order valence-corrected chi connectivity index (χ2v) is 8.25. The summed E-state index contributed by atoms with van der Waals surface area (Å²) in [6.07, 6.45) is 3.91. The minimum absolute atomic E-state index is 0.134. The summed E-state index contributed by atoms with van der Waals surface area (Å²) in [5.41, 5.74) is 1.51. The molecule has 1 unspecified atom stereocenters. The lowest BCUT2D eigenvalue weighted by Crippen LogP contribution is -2.31. The highest BCUT2D eigenvalue weighted by atomic mass is 16.5. The molecule has 0 bridgehead atoms. The topological polar surface area (TPSA) is 69.0 Å². The first-order valence-corrected chi connectivity index (χ1v) is 11.8. The van der Waals surface area contributed by atoms with Crippen LogP contribution in [0.2, 0.25) is 0 Å². The molecule has 0 saturated heterocycles. The van der Waals surface area contributed by atoms with Gasteiger partial charge >= 0.3 is 0 Å². The van der Waals surface area contributed by atoms with Crippen LogP contribution < -0.4 is 10.2 Å². The van der Waals surface area contributed by atoms with E-state index in [1.54, 1.807) is 23.1 Å². The van der Waals surface area contributed by atoms with Crippen molar-refractivity contribution >= 4 is 16.9 Å². The van der Waals surface area contributed by atoms with E-state index >= 15 is 0 Å². The van der Waals surface area contributed by atoms with Crippen molar-refractivity contribution in [1.82, 2.24) is 4.90 Å². The molecule has 0 spiro atoms. The Balaban J connectivity index is 1.73. The average molecular weight is 450 g/mol. The quantitative estimate of drug-likeness (QED) is 0.370. The van der Waals surface area contributed by atoms with Crippen LogP contribution in [0.1, 0.15) is 67.3 Å². The van der Waals surface area contributed by atoms with Crippen LogP contribution in [0.15, 0.2) is 57.7 Å². The van der Waals surface area contributed by atoms with Crippen LogP contribution in [0.4, 0.5) is 0 Å². The molecule has 1 aromatic heterocycles. The summed E-state index contributed by atoms with van der Waals surface area (Å²) in [4.78, 5) is 28.6. The monoisotopic (exact) mass is 449 g/mol. The van der Waals surface area contributed by atoms with Crippen LogP contribution in [-0.4, -0.2) is 37.2 Å². The molecule has 0 N–H and O–H groups in total. The lowest BCUT2D eigenvalue weighted by atomic mass is 9.98. The van der Waals surface area contributed by atoms with Gasteiger partial charge in [-0.2, -0.15) is 0 Å². The van der Waals surface area contributed by atoms with Gasteiger partial charge in [-0.1, -0.05) is 44.0 Å². The molecule has 4 rings (SSSR count). The molecule has 6 heteroatoms. The van der Waals surface area contributed by atoms with Crippen LogP contribution in [0.25, 0.3) is 11.0 Å². The van der Waals surface area contributed by atoms with E-state index in [0.29, 0.717) is 49.3 Å². The van der Waals surface area contributed by atoms with Gasteiger partial charge in [-0.3, -0.25) is 9.59 Å². The van der Waals surface area contributed by atoms with Crippen molar-refractivity contribution in [2.45, 2.75) is 45.6 Å². The molecular formula is C27H31NO5. The van der Waals surface area contributed by atoms with Gasteiger partial charge in [0.25, 0.3) is 5.91 Å². The van der Waals surface area contributed by atoms with Crippen LogP contribution >= 0.6 is 0 Å². The molecule has 1 aliphatic heterocycles. The molecule has 1 aliphatic rings. The molecule has 0 saturated carbocycles. The fourth-order valence-corrected chi connectivity index (χ4v) is 4.34. The van der Waals surface area contributed by atoms with E-state index in [-0.39, 0.29) is 17.1 Å². The van der Waals surface area contributed by atoms with Crippen molar-refractivity contribution in [2.75, 3.05) is 26.4 Å². The number of fused-ring (bicyclic) bond motifs is 2. The van der Waals surface area contributed by atoms with E-state index in [0.717, 1.165) is 30.6 Å². The number of ether oxygens (including phenoxy) is 2. The zero-order valence-corrected chi connectivity index (χ0v) is 19.3. The van der Waals surface area contributed by atoms with Gasteiger partial charge in [0.2, 0.25) is 5.76 Å². The molecule has 1 amide bonds. The standard InChI is InChI=1S/C27H31NO5/c1-3-5-8-17-32-20-12-9-11-19(18-20)24-23-25(29)21-13-6-7-14-22(21)33-26(23)27(30)28(24)15-10-16-31-4-2/h6-7,9,11-14,18,24H,3-5,8,10,15-17H2,1-2H3. The Labute approximate surface area is 194 Å². The minimum Gasteiger partial charge on any atom is -0.494 e. The minimum atomic E-state index is -0.519. The number of carbonyl (C=O) groups is 1. The van der Waals surface area contributed by atoms with Gasteiger partial charge in [-0.15, -0.1) is 0 Å². The van der Waals surface area contributed by atoms with Crippen LogP contribution in [0.5, 0.6) is 5.75 Å². The predicted octanol–water partition coefficient (Wildman–Crippen LogP) is 5.33. The highest BCUT2D eigenvalue weighted by molar-refractivity contribution is 5.99. The molecular weight excluding hydrogens is 418 g/mol. The van der Waals surface area contributed by atoms with E-state index < -0.39 is 6.04 Å². The molecule has 2 aromatic carbocycles. The average Bonchev–Trinajstić information content (AvgIpc) is 3.12. The van der Waals surface area contributed by atoms with Gasteiger partial charge < -0.3 is 18.8 Å². The number of carbonyl (C=O) groups excluding carboxylic acids is 1. The lowest BCUT2D eigenvalue weighted by Gasteiger charge is -2.25. The van der Waals surface area contributed by atoms with Crippen molar-refractivity contribution in [3.63, 3.8) is 0 Å². The summed E-state index contributed by atoms with van der Waals surface area (Å²) in [6.45, 7) is 6.38. The van der Waals surface area contributed by atoms with Crippen molar-refractivity contribution in [3.8, 4) is 5.75 Å². The summed E-state index contributed by atoms with van der Waals surface area (Å²) in [7, 11) is 0. The first kappa shape index (κ1) is 23.1. The first-order valence-electron chi connectivity index (χ1n) is 11.8. The van der Waals surface area contributed by atoms with E-state index in [1.807, 2.05) is 37.3 Å². The van der Waals surface area contributed by atoms with E-state index in [4.69, 9.17) is 13.9 Å². The highest BCUT2D eigenvalue weighted by Crippen LogP contribution is 2.39. The molecule has 0 radical (unpaired) electrons. The summed E-state index contributed by atoms with van der Waals surface area (Å²) < 4.78 is 17.4. The number of rotatable bonds is 11. The van der Waals surface area contributed by atoms with E-state index in [9.17, 15) is 9.59 Å². The van der Waals surface area contributed by atoms with Gasteiger partial charge in [0.1, 0.15) is 11.3 Å². The molecule has 33 heavy (non-hydrogen) atoms. The van der Waals surface area contributed by atoms with Crippen molar-refractivity contribution in [2.24, 2.45) is 0 Å². The summed E-state index contributed by atoms with van der Waals surface area (Å²) in [5, 5.41) is 0.484. The van der Waals surface area contributed by atoms with Crippen molar-refractivity contribution in [3.05, 3.63) is 75.6 Å².